The van der Waals surface area contributed by atoms with Gasteiger partial charge in [-0.15, -0.1) is 0 Å². The van der Waals surface area contributed by atoms with Gasteiger partial charge in [0.25, 0.3) is 0 Å². The normalized spacial score (nSPS) is 16.6. The lowest BCUT2D eigenvalue weighted by Gasteiger charge is -2.35. The van der Waals surface area contributed by atoms with Crippen molar-refractivity contribution in [2.45, 2.75) is 12.5 Å². The molecule has 13 heteroatoms. The maximum atomic E-state index is 13.7. The number of benzene rings is 3. The number of ether oxygens (including phenoxy) is 2. The molecule has 2 aliphatic heterocycles. The number of anilines is 5. The molecule has 2 N–H and O–H groups in total. The first kappa shape index (κ1) is 31.7. The van der Waals surface area contributed by atoms with E-state index in [1.807, 2.05) is 24.3 Å². The second kappa shape index (κ2) is 14.0. The van der Waals surface area contributed by atoms with Crippen LogP contribution in [-0.4, -0.2) is 67.7 Å². The summed E-state index contributed by atoms with van der Waals surface area (Å²) in [5.74, 6) is 0.275. The molecule has 0 bridgehead atoms. The average Bonchev–Trinajstić information content (AvgIpc) is 3.56. The molecule has 2 fully saturated rings. The Morgan fingerprint density at radius 1 is 1.00 bits per heavy atom. The number of piperazine rings is 1. The van der Waals surface area contributed by atoms with Gasteiger partial charge in [-0.3, -0.25) is 9.63 Å². The van der Waals surface area contributed by atoms with Gasteiger partial charge in [0.15, 0.2) is 5.82 Å². The van der Waals surface area contributed by atoms with E-state index in [4.69, 9.17) is 14.3 Å². The zero-order chi connectivity index (χ0) is 32.9. The molecule has 4 aromatic rings. The van der Waals surface area contributed by atoms with Gasteiger partial charge in [0.05, 0.1) is 36.8 Å². The molecule has 47 heavy (non-hydrogen) atoms. The molecule has 1 atom stereocenters. The summed E-state index contributed by atoms with van der Waals surface area (Å²) < 4.78 is 38.9. The van der Waals surface area contributed by atoms with E-state index in [2.05, 4.69) is 44.0 Å². The first-order valence-electron chi connectivity index (χ1n) is 15.1. The van der Waals surface area contributed by atoms with E-state index in [9.17, 15) is 13.6 Å². The van der Waals surface area contributed by atoms with Crippen LogP contribution in [0, 0.1) is 11.6 Å². The van der Waals surface area contributed by atoms with Crippen LogP contribution < -0.4 is 30.1 Å². The Hall–Kier alpha value is -5.27. The average molecular weight is 644 g/mol. The lowest BCUT2D eigenvalue weighted by molar-refractivity contribution is -0.111. The SMILES string of the molecule is C=CC(=O)Nc1cc(Nc2cc(N3OCC[C@@H]3c3cccc(Oc4cc(F)cc(F)c4)c3)ncn2)c(OC)cc1N1CCN(C)CC1. The lowest BCUT2D eigenvalue weighted by Crippen LogP contribution is -2.44. The summed E-state index contributed by atoms with van der Waals surface area (Å²) in [7, 11) is 3.67. The zero-order valence-electron chi connectivity index (χ0n) is 26.1. The van der Waals surface area contributed by atoms with Gasteiger partial charge < -0.3 is 29.9 Å². The number of likely N-dealkylation sites (N-methyl/N-ethyl adjacent to an activating group) is 1. The molecular weight excluding hydrogens is 608 g/mol. The van der Waals surface area contributed by atoms with Crippen LogP contribution in [0.15, 0.2) is 79.6 Å². The molecule has 2 aliphatic rings. The third-order valence-corrected chi connectivity index (χ3v) is 7.97. The summed E-state index contributed by atoms with van der Waals surface area (Å²) in [4.78, 5) is 31.7. The highest BCUT2D eigenvalue weighted by Crippen LogP contribution is 2.40. The van der Waals surface area contributed by atoms with E-state index in [-0.39, 0.29) is 17.7 Å². The van der Waals surface area contributed by atoms with Crippen molar-refractivity contribution in [1.82, 2.24) is 14.9 Å². The summed E-state index contributed by atoms with van der Waals surface area (Å²) in [6.45, 7) is 7.43. The molecule has 1 amide bonds. The van der Waals surface area contributed by atoms with Crippen LogP contribution in [0.1, 0.15) is 18.0 Å². The third kappa shape index (κ3) is 7.42. The Kier molecular flexibility index (Phi) is 9.45. The van der Waals surface area contributed by atoms with Crippen LogP contribution in [0.2, 0.25) is 0 Å². The van der Waals surface area contributed by atoms with E-state index in [0.29, 0.717) is 47.5 Å². The fraction of sp³-hybridized carbons (Fsp3) is 0.265. The van der Waals surface area contributed by atoms with Crippen molar-refractivity contribution in [1.29, 1.82) is 0 Å². The number of hydrogen-bond donors (Lipinski definition) is 2. The minimum absolute atomic E-state index is 0.0601. The molecule has 6 rings (SSSR count). The van der Waals surface area contributed by atoms with Gasteiger partial charge >= 0.3 is 0 Å². The highest BCUT2D eigenvalue weighted by molar-refractivity contribution is 6.02. The third-order valence-electron chi connectivity index (χ3n) is 7.97. The summed E-state index contributed by atoms with van der Waals surface area (Å²) >= 11 is 0. The van der Waals surface area contributed by atoms with Gasteiger partial charge in [-0.2, -0.15) is 0 Å². The number of nitrogens with one attached hydrogen (secondary N) is 2. The van der Waals surface area contributed by atoms with Crippen molar-refractivity contribution in [2.75, 3.05) is 67.5 Å². The van der Waals surface area contributed by atoms with Gasteiger partial charge in [-0.1, -0.05) is 18.7 Å². The Morgan fingerprint density at radius 2 is 1.79 bits per heavy atom. The molecular formula is C34H35F2N7O4. The van der Waals surface area contributed by atoms with Crippen LogP contribution >= 0.6 is 0 Å². The van der Waals surface area contributed by atoms with Crippen molar-refractivity contribution >= 4 is 34.6 Å². The molecule has 0 unspecified atom stereocenters. The predicted octanol–water partition coefficient (Wildman–Crippen LogP) is 6.06. The maximum absolute atomic E-state index is 13.7. The minimum Gasteiger partial charge on any atom is -0.494 e. The van der Waals surface area contributed by atoms with E-state index in [1.54, 1.807) is 30.4 Å². The van der Waals surface area contributed by atoms with Gasteiger partial charge in [-0.25, -0.2) is 23.8 Å². The summed E-state index contributed by atoms with van der Waals surface area (Å²) in [6, 6.07) is 15.6. The van der Waals surface area contributed by atoms with Gasteiger partial charge in [0.1, 0.15) is 41.0 Å². The number of rotatable bonds is 10. The molecule has 0 aliphatic carbocycles. The van der Waals surface area contributed by atoms with Crippen LogP contribution in [-0.2, 0) is 9.63 Å². The smallest absolute Gasteiger partial charge is 0.247 e. The number of carbonyl (C=O) groups excluding carboxylic acids is 1. The Morgan fingerprint density at radius 3 is 2.53 bits per heavy atom. The molecule has 3 heterocycles. The van der Waals surface area contributed by atoms with Crippen LogP contribution in [0.3, 0.4) is 0 Å². The van der Waals surface area contributed by atoms with E-state index in [0.717, 1.165) is 55.6 Å². The largest absolute Gasteiger partial charge is 0.494 e. The van der Waals surface area contributed by atoms with Crippen molar-refractivity contribution in [2.24, 2.45) is 0 Å². The first-order valence-corrected chi connectivity index (χ1v) is 15.1. The molecule has 2 saturated heterocycles. The van der Waals surface area contributed by atoms with E-state index < -0.39 is 11.6 Å². The quantitative estimate of drug-likeness (QED) is 0.198. The molecule has 0 saturated carbocycles. The maximum Gasteiger partial charge on any atom is 0.247 e. The zero-order valence-corrected chi connectivity index (χ0v) is 26.1. The number of amides is 1. The molecule has 0 spiro atoms. The fourth-order valence-electron chi connectivity index (χ4n) is 5.61. The number of nitrogens with zero attached hydrogens (tertiary/aromatic N) is 5. The minimum atomic E-state index is -0.721. The summed E-state index contributed by atoms with van der Waals surface area (Å²) in [6.07, 6.45) is 3.33. The number of hydroxylamine groups is 1. The van der Waals surface area contributed by atoms with E-state index >= 15 is 0 Å². The second-order valence-corrected chi connectivity index (χ2v) is 11.2. The van der Waals surface area contributed by atoms with Crippen LogP contribution in [0.4, 0.5) is 37.5 Å². The first-order chi connectivity index (χ1) is 22.8. The topological polar surface area (TPSA) is 104 Å². The Balaban J connectivity index is 1.24. The standard InChI is InChI=1S/C34H35F2N7O4/c1-4-34(44)40-27-18-28(31(45-3)19-30(27)42-11-9-41(2)10-12-42)39-32-20-33(38-21-37-32)43-29(8-13-46-43)22-6-5-7-25(14-22)47-26-16-23(35)15-24(36)17-26/h4-7,14-21,29H,1,8-13H2,2-3H3,(H,40,44)(H,37,38,39)/t29-/m1/s1. The second-order valence-electron chi connectivity index (χ2n) is 11.2. The molecule has 11 nitrogen and oxygen atoms in total. The Bertz CT molecular complexity index is 1750. The van der Waals surface area contributed by atoms with Gasteiger partial charge in [-0.05, 0) is 36.9 Å². The molecule has 0 radical (unpaired) electrons. The van der Waals surface area contributed by atoms with Crippen molar-refractivity contribution < 1.29 is 27.9 Å². The predicted molar refractivity (Wildman–Crippen MR) is 176 cm³/mol. The van der Waals surface area contributed by atoms with Crippen molar-refractivity contribution in [3.8, 4) is 17.2 Å². The van der Waals surface area contributed by atoms with Crippen LogP contribution in [0.5, 0.6) is 17.2 Å². The van der Waals surface area contributed by atoms with Crippen molar-refractivity contribution in [3.63, 3.8) is 0 Å². The number of hydrogen-bond acceptors (Lipinski definition) is 10. The molecule has 244 valence electrons. The highest BCUT2D eigenvalue weighted by atomic mass is 19.1. The fourth-order valence-corrected chi connectivity index (χ4v) is 5.61. The highest BCUT2D eigenvalue weighted by Gasteiger charge is 2.30. The number of aromatic nitrogens is 2. The number of methoxy groups -OCH3 is 1. The Labute approximate surface area is 271 Å². The van der Waals surface area contributed by atoms with Crippen LogP contribution in [0.25, 0.3) is 0 Å². The van der Waals surface area contributed by atoms with E-state index in [1.165, 1.54) is 12.4 Å². The van der Waals surface area contributed by atoms with Gasteiger partial charge in [0.2, 0.25) is 5.91 Å². The molecule has 3 aromatic carbocycles. The van der Waals surface area contributed by atoms with Crippen molar-refractivity contribution in [3.05, 3.63) is 96.8 Å². The summed E-state index contributed by atoms with van der Waals surface area (Å²) in [5.41, 5.74) is 2.92. The van der Waals surface area contributed by atoms with Gasteiger partial charge in [0, 0.05) is 62.9 Å². The number of carbonyl (C=O) groups is 1. The monoisotopic (exact) mass is 643 g/mol. The number of halogens is 2. The molecule has 1 aromatic heterocycles. The summed E-state index contributed by atoms with van der Waals surface area (Å²) in [5, 5.41) is 7.95. The lowest BCUT2D eigenvalue weighted by atomic mass is 10.0.